The molecule has 6 aromatic carbocycles. The van der Waals surface area contributed by atoms with Gasteiger partial charge in [-0.05, 0) is 68.6 Å². The highest BCUT2D eigenvalue weighted by atomic mass is 16.3. The lowest BCUT2D eigenvalue weighted by Crippen LogP contribution is -2.16. The number of benzene rings is 6. The topological polar surface area (TPSA) is 13.1 Å². The molecule has 0 spiro atoms. The molecule has 42 heavy (non-hydrogen) atoms. The first-order valence-corrected chi connectivity index (χ1v) is 14.9. The van der Waals surface area contributed by atoms with Gasteiger partial charge >= 0.3 is 0 Å². The molecule has 7 aromatic rings. The lowest BCUT2D eigenvalue weighted by molar-refractivity contribution is 0.657. The molecule has 0 aliphatic heterocycles. The van der Waals surface area contributed by atoms with Crippen molar-refractivity contribution in [1.29, 1.82) is 0 Å². The summed E-state index contributed by atoms with van der Waals surface area (Å²) in [6.07, 6.45) is 0.887. The normalized spacial score (nSPS) is 14.1. The summed E-state index contributed by atoms with van der Waals surface area (Å²) in [7, 11) is 0. The molecule has 0 amide bonds. The molecule has 0 radical (unpaired) electrons. The van der Waals surface area contributed by atoms with Gasteiger partial charge in [0.2, 0.25) is 0 Å². The van der Waals surface area contributed by atoms with Crippen LogP contribution < -0.4 is 0 Å². The average molecular weight is 541 g/mol. The Morgan fingerprint density at radius 3 is 2.07 bits per heavy atom. The molecular weight excluding hydrogens is 508 g/mol. The van der Waals surface area contributed by atoms with E-state index >= 15 is 0 Å². The van der Waals surface area contributed by atoms with Crippen LogP contribution >= 0.6 is 0 Å². The van der Waals surface area contributed by atoms with E-state index in [-0.39, 0.29) is 11.3 Å². The standard InChI is InChI=1S/C41H32O/c1-41(2)36-16-8-6-14-32(36)33-24-23-30(26-37(33)41)35(29-21-19-28(20-22-29)27-11-4-3-5-12-27)25-31-13-10-18-39-40(31)34-15-7-9-17-38(34)42-39/h3-24,26,35H,25H2,1-2H3. The van der Waals surface area contributed by atoms with Gasteiger partial charge in [-0.15, -0.1) is 0 Å². The van der Waals surface area contributed by atoms with E-state index in [4.69, 9.17) is 4.42 Å². The molecule has 1 aliphatic carbocycles. The quantitative estimate of drug-likeness (QED) is 0.212. The molecule has 1 unspecified atom stereocenters. The van der Waals surface area contributed by atoms with Gasteiger partial charge in [0.15, 0.2) is 0 Å². The van der Waals surface area contributed by atoms with Crippen molar-refractivity contribution in [3.05, 3.63) is 167 Å². The van der Waals surface area contributed by atoms with Crippen LogP contribution in [0.1, 0.15) is 47.6 Å². The minimum atomic E-state index is -0.0373. The Labute approximate surface area is 247 Å². The Bertz CT molecular complexity index is 2080. The Balaban J connectivity index is 1.28. The van der Waals surface area contributed by atoms with Gasteiger partial charge in [-0.2, -0.15) is 0 Å². The van der Waals surface area contributed by atoms with Crippen molar-refractivity contribution in [2.75, 3.05) is 0 Å². The molecule has 0 bridgehead atoms. The van der Waals surface area contributed by atoms with Crippen LogP contribution in [0, 0.1) is 0 Å². The second kappa shape index (κ2) is 9.60. The lowest BCUT2D eigenvalue weighted by atomic mass is 9.79. The van der Waals surface area contributed by atoms with Crippen molar-refractivity contribution in [1.82, 2.24) is 0 Å². The van der Waals surface area contributed by atoms with Crippen molar-refractivity contribution >= 4 is 21.9 Å². The van der Waals surface area contributed by atoms with Crippen LogP contribution in [0.3, 0.4) is 0 Å². The van der Waals surface area contributed by atoms with Crippen molar-refractivity contribution in [2.45, 2.75) is 31.6 Å². The van der Waals surface area contributed by atoms with Crippen LogP contribution in [-0.4, -0.2) is 0 Å². The Morgan fingerprint density at radius 2 is 1.21 bits per heavy atom. The number of rotatable bonds is 5. The van der Waals surface area contributed by atoms with E-state index in [2.05, 4.69) is 147 Å². The monoisotopic (exact) mass is 540 g/mol. The molecular formula is C41H32O. The summed E-state index contributed by atoms with van der Waals surface area (Å²) >= 11 is 0. The minimum Gasteiger partial charge on any atom is -0.456 e. The molecule has 1 heterocycles. The summed E-state index contributed by atoms with van der Waals surface area (Å²) in [4.78, 5) is 0. The third-order valence-electron chi connectivity index (χ3n) is 9.34. The maximum Gasteiger partial charge on any atom is 0.135 e. The van der Waals surface area contributed by atoms with E-state index in [1.165, 1.54) is 60.8 Å². The first-order valence-electron chi connectivity index (χ1n) is 14.9. The van der Waals surface area contributed by atoms with Crippen LogP contribution in [0.5, 0.6) is 0 Å². The SMILES string of the molecule is CC1(C)c2ccccc2-c2ccc(C(Cc3cccc4oc5ccccc5c34)c3ccc(-c4ccccc4)cc3)cc21. The summed E-state index contributed by atoms with van der Waals surface area (Å²) in [6.45, 7) is 4.73. The predicted molar refractivity (Wildman–Crippen MR) is 175 cm³/mol. The fourth-order valence-corrected chi connectivity index (χ4v) is 7.14. The van der Waals surface area contributed by atoms with E-state index in [0.717, 1.165) is 17.6 Å². The van der Waals surface area contributed by atoms with Crippen LogP contribution in [0.15, 0.2) is 144 Å². The molecule has 0 saturated carbocycles. The summed E-state index contributed by atoms with van der Waals surface area (Å²) in [5.41, 5.74) is 13.9. The summed E-state index contributed by atoms with van der Waals surface area (Å²) in [5.74, 6) is 0.193. The number of hydrogen-bond donors (Lipinski definition) is 0. The highest BCUT2D eigenvalue weighted by Gasteiger charge is 2.35. The van der Waals surface area contributed by atoms with Crippen molar-refractivity contribution in [2.24, 2.45) is 0 Å². The van der Waals surface area contributed by atoms with Crippen molar-refractivity contribution in [3.63, 3.8) is 0 Å². The van der Waals surface area contributed by atoms with Crippen LogP contribution in [0.2, 0.25) is 0 Å². The smallest absolute Gasteiger partial charge is 0.135 e. The van der Waals surface area contributed by atoms with Crippen LogP contribution in [0.25, 0.3) is 44.2 Å². The van der Waals surface area contributed by atoms with Gasteiger partial charge in [-0.25, -0.2) is 0 Å². The largest absolute Gasteiger partial charge is 0.456 e. The van der Waals surface area contributed by atoms with Gasteiger partial charge in [0.25, 0.3) is 0 Å². The Kier molecular flexibility index (Phi) is 5.69. The van der Waals surface area contributed by atoms with Gasteiger partial charge in [0.1, 0.15) is 11.2 Å². The predicted octanol–water partition coefficient (Wildman–Crippen LogP) is 10.9. The summed E-state index contributed by atoms with van der Waals surface area (Å²) < 4.78 is 6.27. The molecule has 1 heteroatoms. The summed E-state index contributed by atoms with van der Waals surface area (Å²) in [6, 6.07) is 50.9. The van der Waals surface area contributed by atoms with Gasteiger partial charge in [-0.3, -0.25) is 0 Å². The van der Waals surface area contributed by atoms with Crippen molar-refractivity contribution in [3.8, 4) is 22.3 Å². The maximum absolute atomic E-state index is 6.27. The lowest BCUT2D eigenvalue weighted by Gasteiger charge is -2.24. The van der Waals surface area contributed by atoms with Crippen LogP contribution in [0.4, 0.5) is 0 Å². The van der Waals surface area contributed by atoms with Gasteiger partial charge in [-0.1, -0.05) is 141 Å². The van der Waals surface area contributed by atoms with E-state index in [9.17, 15) is 0 Å². The average Bonchev–Trinajstić information content (AvgIpc) is 3.53. The van der Waals surface area contributed by atoms with Gasteiger partial charge in [0.05, 0.1) is 0 Å². The van der Waals surface area contributed by atoms with E-state index in [1.54, 1.807) is 0 Å². The highest BCUT2D eigenvalue weighted by molar-refractivity contribution is 6.06. The highest BCUT2D eigenvalue weighted by Crippen LogP contribution is 2.49. The van der Waals surface area contributed by atoms with Gasteiger partial charge < -0.3 is 4.42 Å². The molecule has 1 atom stereocenters. The molecule has 1 nitrogen and oxygen atoms in total. The third kappa shape index (κ3) is 3.92. The molecule has 202 valence electrons. The molecule has 1 aromatic heterocycles. The second-order valence-corrected chi connectivity index (χ2v) is 12.1. The van der Waals surface area contributed by atoms with Gasteiger partial charge in [0, 0.05) is 22.1 Å². The summed E-state index contributed by atoms with van der Waals surface area (Å²) in [5, 5.41) is 2.42. The van der Waals surface area contributed by atoms with Crippen molar-refractivity contribution < 1.29 is 4.42 Å². The number of fused-ring (bicyclic) bond motifs is 6. The van der Waals surface area contributed by atoms with E-state index in [0.29, 0.717) is 0 Å². The number of para-hydroxylation sites is 1. The first kappa shape index (κ1) is 24.9. The maximum atomic E-state index is 6.27. The third-order valence-corrected chi connectivity index (χ3v) is 9.34. The first-order chi connectivity index (χ1) is 20.6. The van der Waals surface area contributed by atoms with E-state index in [1.807, 2.05) is 6.07 Å². The number of furan rings is 1. The zero-order valence-corrected chi connectivity index (χ0v) is 24.0. The molecule has 0 N–H and O–H groups in total. The second-order valence-electron chi connectivity index (χ2n) is 12.1. The zero-order valence-electron chi connectivity index (χ0n) is 24.0. The minimum absolute atomic E-state index is 0.0373. The molecule has 0 fully saturated rings. The molecule has 1 aliphatic rings. The van der Waals surface area contributed by atoms with Crippen LogP contribution in [-0.2, 0) is 11.8 Å². The number of hydrogen-bond acceptors (Lipinski definition) is 1. The molecule has 8 rings (SSSR count). The molecule has 0 saturated heterocycles. The Hall–Kier alpha value is -4.88. The zero-order chi connectivity index (χ0) is 28.3. The van der Waals surface area contributed by atoms with E-state index < -0.39 is 0 Å². The Morgan fingerprint density at radius 1 is 0.548 bits per heavy atom. The fourth-order valence-electron chi connectivity index (χ4n) is 7.14. The fraction of sp³-hybridized carbons (Fsp3) is 0.122.